The summed E-state index contributed by atoms with van der Waals surface area (Å²) in [6, 6.07) is 9.38. The lowest BCUT2D eigenvalue weighted by molar-refractivity contribution is -0.140. The molecule has 2 aromatic carbocycles. The van der Waals surface area contributed by atoms with Gasteiger partial charge in [0, 0.05) is 17.0 Å². The van der Waals surface area contributed by atoms with E-state index in [1.807, 2.05) is 0 Å². The molecule has 0 heterocycles. The number of benzene rings is 2. The number of allylic oxidation sites excluding steroid dienone is 1. The van der Waals surface area contributed by atoms with Crippen molar-refractivity contribution in [1.29, 1.82) is 0 Å². The van der Waals surface area contributed by atoms with Crippen molar-refractivity contribution in [2.75, 3.05) is 28.4 Å². The maximum Gasteiger partial charge on any atom is 0.306 e. The third kappa shape index (κ3) is 3.84. The van der Waals surface area contributed by atoms with E-state index < -0.39 is 23.5 Å². The normalized spacial score (nSPS) is 14.1. The molecule has 1 atom stereocenters. The Labute approximate surface area is 179 Å². The number of aliphatic hydroxyl groups excluding tert-OH is 1. The zero-order valence-electron chi connectivity index (χ0n) is 17.6. The van der Waals surface area contributed by atoms with Gasteiger partial charge in [0.1, 0.15) is 5.76 Å². The number of carbonyl (C=O) groups is 3. The Morgan fingerprint density at radius 2 is 1.48 bits per heavy atom. The molecule has 1 aliphatic carbocycles. The SMILES string of the molecule is COC(=O)C[C@H](C1=C(O)c2ccccc2C(=O)C1=O)c1cc(OC)c(OC)c(OC)c1. The number of esters is 1. The number of ether oxygens (including phenoxy) is 4. The lowest BCUT2D eigenvalue weighted by atomic mass is 9.78. The van der Waals surface area contributed by atoms with Crippen LogP contribution in [-0.4, -0.2) is 51.1 Å². The van der Waals surface area contributed by atoms with Crippen LogP contribution in [0.3, 0.4) is 0 Å². The molecule has 1 aliphatic rings. The third-order valence-electron chi connectivity index (χ3n) is 5.17. The summed E-state index contributed by atoms with van der Waals surface area (Å²) in [5.74, 6) is -2.72. The van der Waals surface area contributed by atoms with Gasteiger partial charge in [0.15, 0.2) is 11.5 Å². The fourth-order valence-electron chi connectivity index (χ4n) is 3.65. The molecule has 0 radical (unpaired) electrons. The second kappa shape index (κ2) is 8.91. The molecule has 2 aromatic rings. The van der Waals surface area contributed by atoms with E-state index in [4.69, 9.17) is 18.9 Å². The number of Topliss-reactive ketones (excluding diaryl/α,β-unsaturated/α-hetero) is 2. The number of ketones is 2. The highest BCUT2D eigenvalue weighted by Gasteiger charge is 2.39. The smallest absolute Gasteiger partial charge is 0.306 e. The van der Waals surface area contributed by atoms with Crippen LogP contribution in [0, 0.1) is 0 Å². The monoisotopic (exact) mass is 426 g/mol. The van der Waals surface area contributed by atoms with Crippen molar-refractivity contribution < 1.29 is 38.4 Å². The summed E-state index contributed by atoms with van der Waals surface area (Å²) in [6.45, 7) is 0. The van der Waals surface area contributed by atoms with E-state index >= 15 is 0 Å². The molecule has 0 bridgehead atoms. The molecule has 3 rings (SSSR count). The Bertz CT molecular complexity index is 1060. The standard InChI is InChI=1S/C23H22O8/c1-28-16-9-12(10-17(29-2)23(16)31-4)15(11-18(24)30-3)19-20(25)13-7-5-6-8-14(13)21(26)22(19)27/h5-10,15,25H,11H2,1-4H3/t15-/m0/s1. The molecule has 0 spiro atoms. The molecular weight excluding hydrogens is 404 g/mol. The molecule has 0 saturated carbocycles. The largest absolute Gasteiger partial charge is 0.507 e. The van der Waals surface area contributed by atoms with Crippen LogP contribution in [0.25, 0.3) is 5.76 Å². The summed E-state index contributed by atoms with van der Waals surface area (Å²) < 4.78 is 20.8. The van der Waals surface area contributed by atoms with Gasteiger partial charge in [-0.05, 0) is 17.7 Å². The van der Waals surface area contributed by atoms with E-state index in [0.29, 0.717) is 22.8 Å². The molecular formula is C23H22O8. The highest BCUT2D eigenvalue weighted by molar-refractivity contribution is 6.52. The van der Waals surface area contributed by atoms with Crippen molar-refractivity contribution in [2.24, 2.45) is 0 Å². The predicted molar refractivity (Wildman–Crippen MR) is 111 cm³/mol. The summed E-state index contributed by atoms with van der Waals surface area (Å²) in [5.41, 5.74) is 0.547. The van der Waals surface area contributed by atoms with Crippen LogP contribution in [0.1, 0.15) is 33.8 Å². The Kier molecular flexibility index (Phi) is 6.29. The van der Waals surface area contributed by atoms with E-state index in [-0.39, 0.29) is 28.9 Å². The maximum atomic E-state index is 13.0. The van der Waals surface area contributed by atoms with E-state index in [0.717, 1.165) is 0 Å². The fraction of sp³-hybridized carbons (Fsp3) is 0.261. The molecule has 0 fully saturated rings. The zero-order chi connectivity index (χ0) is 22.7. The second-order valence-electron chi connectivity index (χ2n) is 6.76. The van der Waals surface area contributed by atoms with Crippen molar-refractivity contribution >= 4 is 23.3 Å². The Morgan fingerprint density at radius 1 is 0.903 bits per heavy atom. The van der Waals surface area contributed by atoms with Crippen LogP contribution < -0.4 is 14.2 Å². The number of hydrogen-bond acceptors (Lipinski definition) is 8. The van der Waals surface area contributed by atoms with E-state index in [1.54, 1.807) is 30.3 Å². The van der Waals surface area contributed by atoms with Crippen molar-refractivity contribution in [3.05, 3.63) is 58.7 Å². The summed E-state index contributed by atoms with van der Waals surface area (Å²) in [5, 5.41) is 10.9. The molecule has 0 aliphatic heterocycles. The quantitative estimate of drug-likeness (QED) is 0.532. The molecule has 31 heavy (non-hydrogen) atoms. The van der Waals surface area contributed by atoms with Gasteiger partial charge in [-0.25, -0.2) is 0 Å². The van der Waals surface area contributed by atoms with Crippen LogP contribution in [0.4, 0.5) is 0 Å². The van der Waals surface area contributed by atoms with Gasteiger partial charge < -0.3 is 24.1 Å². The Balaban J connectivity index is 2.27. The van der Waals surface area contributed by atoms with Crippen molar-refractivity contribution in [3.8, 4) is 17.2 Å². The predicted octanol–water partition coefficient (Wildman–Crippen LogP) is 3.09. The van der Waals surface area contributed by atoms with Crippen LogP contribution >= 0.6 is 0 Å². The van der Waals surface area contributed by atoms with Crippen molar-refractivity contribution in [1.82, 2.24) is 0 Å². The van der Waals surface area contributed by atoms with Crippen LogP contribution in [0.2, 0.25) is 0 Å². The van der Waals surface area contributed by atoms with Gasteiger partial charge in [0.2, 0.25) is 17.3 Å². The lowest BCUT2D eigenvalue weighted by Gasteiger charge is -2.25. The Hall–Kier alpha value is -3.81. The maximum absolute atomic E-state index is 13.0. The molecule has 0 unspecified atom stereocenters. The molecule has 0 aromatic heterocycles. The van der Waals surface area contributed by atoms with Gasteiger partial charge in [-0.2, -0.15) is 0 Å². The third-order valence-corrected chi connectivity index (χ3v) is 5.17. The van der Waals surface area contributed by atoms with Crippen LogP contribution in [0.5, 0.6) is 17.2 Å². The molecule has 8 nitrogen and oxygen atoms in total. The van der Waals surface area contributed by atoms with Gasteiger partial charge in [0.25, 0.3) is 0 Å². The summed E-state index contributed by atoms with van der Waals surface area (Å²) >= 11 is 0. The first-order chi connectivity index (χ1) is 14.9. The minimum absolute atomic E-state index is 0.107. The number of fused-ring (bicyclic) bond motifs is 1. The van der Waals surface area contributed by atoms with Gasteiger partial charge in [-0.15, -0.1) is 0 Å². The zero-order valence-corrected chi connectivity index (χ0v) is 17.6. The van der Waals surface area contributed by atoms with E-state index in [1.165, 1.54) is 34.5 Å². The average Bonchev–Trinajstić information content (AvgIpc) is 2.80. The number of carbonyl (C=O) groups excluding carboxylic acids is 3. The van der Waals surface area contributed by atoms with E-state index in [9.17, 15) is 19.5 Å². The van der Waals surface area contributed by atoms with Gasteiger partial charge in [-0.1, -0.05) is 24.3 Å². The lowest BCUT2D eigenvalue weighted by Crippen LogP contribution is -2.28. The minimum atomic E-state index is -0.994. The fourth-order valence-corrected chi connectivity index (χ4v) is 3.65. The Morgan fingerprint density at radius 3 is 2.00 bits per heavy atom. The first-order valence-corrected chi connectivity index (χ1v) is 9.36. The second-order valence-corrected chi connectivity index (χ2v) is 6.76. The number of aliphatic hydroxyl groups is 1. The first-order valence-electron chi connectivity index (χ1n) is 9.36. The van der Waals surface area contributed by atoms with Crippen molar-refractivity contribution in [2.45, 2.75) is 12.3 Å². The van der Waals surface area contributed by atoms with Crippen LogP contribution in [-0.2, 0) is 14.3 Å². The number of methoxy groups -OCH3 is 4. The van der Waals surface area contributed by atoms with Gasteiger partial charge in [-0.3, -0.25) is 14.4 Å². The van der Waals surface area contributed by atoms with Gasteiger partial charge >= 0.3 is 5.97 Å². The van der Waals surface area contributed by atoms with E-state index in [2.05, 4.69) is 0 Å². The molecule has 1 N–H and O–H groups in total. The summed E-state index contributed by atoms with van der Waals surface area (Å²) in [4.78, 5) is 37.9. The topological polar surface area (TPSA) is 108 Å². The summed E-state index contributed by atoms with van der Waals surface area (Å²) in [6.07, 6.45) is -0.296. The number of hydrogen-bond donors (Lipinski definition) is 1. The van der Waals surface area contributed by atoms with Crippen LogP contribution in [0.15, 0.2) is 42.0 Å². The molecule has 0 saturated heterocycles. The minimum Gasteiger partial charge on any atom is -0.507 e. The highest BCUT2D eigenvalue weighted by Crippen LogP contribution is 2.44. The average molecular weight is 426 g/mol. The molecule has 8 heteroatoms. The first kappa shape index (κ1) is 21.9. The summed E-state index contributed by atoms with van der Waals surface area (Å²) in [7, 11) is 5.52. The van der Waals surface area contributed by atoms with Crippen molar-refractivity contribution in [3.63, 3.8) is 0 Å². The van der Waals surface area contributed by atoms with Gasteiger partial charge in [0.05, 0.1) is 40.4 Å². The molecule has 162 valence electrons. The molecule has 0 amide bonds. The number of rotatable bonds is 7. The highest BCUT2D eigenvalue weighted by atomic mass is 16.5.